The Morgan fingerprint density at radius 2 is 2.40 bits per heavy atom. The Bertz CT molecular complexity index is 132. The van der Waals surface area contributed by atoms with Crippen molar-refractivity contribution in [3.63, 3.8) is 0 Å². The Morgan fingerprint density at radius 1 is 1.70 bits per heavy atom. The third-order valence-corrected chi connectivity index (χ3v) is 2.97. The molecule has 1 rings (SSSR count). The molecule has 0 aromatic rings. The van der Waals surface area contributed by atoms with Crippen molar-refractivity contribution in [3.8, 4) is 0 Å². The summed E-state index contributed by atoms with van der Waals surface area (Å²) >= 11 is 1.86. The van der Waals surface area contributed by atoms with Gasteiger partial charge in [0.2, 0.25) is 0 Å². The van der Waals surface area contributed by atoms with Gasteiger partial charge in [-0.3, -0.25) is 0 Å². The van der Waals surface area contributed by atoms with Crippen LogP contribution in [0.2, 0.25) is 0 Å². The van der Waals surface area contributed by atoms with E-state index in [1.165, 1.54) is 12.8 Å². The largest absolute Gasteiger partial charge is 0.396 e. The molecule has 0 atom stereocenters. The van der Waals surface area contributed by atoms with Crippen molar-refractivity contribution in [2.75, 3.05) is 12.9 Å². The number of nitrogens with zero attached hydrogens (tertiary/aromatic N) is 1. The molecule has 1 aliphatic carbocycles. The van der Waals surface area contributed by atoms with Crippen LogP contribution in [0, 0.1) is 0 Å². The Kier molecular flexibility index (Phi) is 2.60. The van der Waals surface area contributed by atoms with E-state index in [-0.39, 0.29) is 0 Å². The molecule has 0 amide bonds. The highest BCUT2D eigenvalue weighted by atomic mass is 32.2. The zero-order chi connectivity index (χ0) is 7.45. The summed E-state index contributed by atoms with van der Waals surface area (Å²) in [6.07, 6.45) is 6.56. The van der Waals surface area contributed by atoms with Gasteiger partial charge in [-0.25, -0.2) is 0 Å². The molecule has 1 fully saturated rings. The predicted molar refractivity (Wildman–Crippen MR) is 45.6 cm³/mol. The van der Waals surface area contributed by atoms with Crippen LogP contribution in [0.1, 0.15) is 19.8 Å². The lowest BCUT2D eigenvalue weighted by atomic mass is 10.5. The van der Waals surface area contributed by atoms with Gasteiger partial charge in [-0.05, 0) is 26.0 Å². The molecule has 2 nitrogen and oxygen atoms in total. The molecule has 0 aliphatic heterocycles. The van der Waals surface area contributed by atoms with Crippen LogP contribution in [-0.2, 0) is 4.84 Å². The lowest BCUT2D eigenvalue weighted by molar-refractivity contribution is 0.160. The van der Waals surface area contributed by atoms with Crippen LogP contribution in [0.15, 0.2) is 5.16 Å². The maximum atomic E-state index is 4.87. The van der Waals surface area contributed by atoms with E-state index in [1.54, 1.807) is 0 Å². The Balaban J connectivity index is 2.23. The van der Waals surface area contributed by atoms with Gasteiger partial charge in [0.15, 0.2) is 0 Å². The molecule has 0 N–H and O–H groups in total. The first-order valence-electron chi connectivity index (χ1n) is 3.54. The summed E-state index contributed by atoms with van der Waals surface area (Å²) in [6.45, 7) is 2.61. The second-order valence-electron chi connectivity index (χ2n) is 2.42. The van der Waals surface area contributed by atoms with Gasteiger partial charge in [-0.2, -0.15) is 11.8 Å². The summed E-state index contributed by atoms with van der Waals surface area (Å²) < 4.78 is 0.342. The standard InChI is InChI=1S/C7H13NOS/c1-3-9-8-6-7(10-2)4-5-7/h6H,3-5H2,1-2H3/b8-6+. The van der Waals surface area contributed by atoms with E-state index < -0.39 is 0 Å². The van der Waals surface area contributed by atoms with Crippen molar-refractivity contribution in [1.29, 1.82) is 0 Å². The van der Waals surface area contributed by atoms with Crippen LogP contribution in [0.4, 0.5) is 0 Å². The summed E-state index contributed by atoms with van der Waals surface area (Å²) in [7, 11) is 0. The van der Waals surface area contributed by atoms with Gasteiger partial charge in [0.25, 0.3) is 0 Å². The molecular weight excluding hydrogens is 146 g/mol. The van der Waals surface area contributed by atoms with Gasteiger partial charge in [-0.1, -0.05) is 5.16 Å². The summed E-state index contributed by atoms with van der Waals surface area (Å²) in [4.78, 5) is 4.87. The van der Waals surface area contributed by atoms with Crippen LogP contribution < -0.4 is 0 Å². The molecule has 0 spiro atoms. The zero-order valence-corrected chi connectivity index (χ0v) is 7.28. The van der Waals surface area contributed by atoms with Gasteiger partial charge >= 0.3 is 0 Å². The highest BCUT2D eigenvalue weighted by molar-refractivity contribution is 8.00. The molecular formula is C7H13NOS. The third kappa shape index (κ3) is 1.90. The summed E-state index contributed by atoms with van der Waals surface area (Å²) in [5.41, 5.74) is 0. The number of hydrogen-bond donors (Lipinski definition) is 0. The average molecular weight is 159 g/mol. The van der Waals surface area contributed by atoms with Crippen LogP contribution in [-0.4, -0.2) is 23.8 Å². The highest BCUT2D eigenvalue weighted by Crippen LogP contribution is 2.45. The Morgan fingerprint density at radius 3 is 2.80 bits per heavy atom. The number of hydrogen-bond acceptors (Lipinski definition) is 3. The second-order valence-corrected chi connectivity index (χ2v) is 3.64. The van der Waals surface area contributed by atoms with Gasteiger partial charge in [-0.15, -0.1) is 0 Å². The lowest BCUT2D eigenvalue weighted by Gasteiger charge is -2.01. The van der Waals surface area contributed by atoms with E-state index in [0.29, 0.717) is 11.4 Å². The molecule has 0 aromatic carbocycles. The fraction of sp³-hybridized carbons (Fsp3) is 0.857. The SMILES string of the molecule is CCO/N=C/C1(SC)CC1. The molecule has 1 aliphatic rings. The fourth-order valence-corrected chi connectivity index (χ4v) is 1.38. The number of oxime groups is 1. The molecule has 10 heavy (non-hydrogen) atoms. The average Bonchev–Trinajstić information content (AvgIpc) is 2.70. The van der Waals surface area contributed by atoms with Crippen molar-refractivity contribution in [2.24, 2.45) is 5.16 Å². The number of rotatable bonds is 4. The van der Waals surface area contributed by atoms with E-state index in [2.05, 4.69) is 11.4 Å². The van der Waals surface area contributed by atoms with Crippen LogP contribution in [0.5, 0.6) is 0 Å². The first-order chi connectivity index (χ1) is 4.83. The molecule has 1 saturated carbocycles. The van der Waals surface area contributed by atoms with Gasteiger partial charge < -0.3 is 4.84 Å². The summed E-state index contributed by atoms with van der Waals surface area (Å²) in [5.74, 6) is 0. The minimum absolute atomic E-state index is 0.342. The van der Waals surface area contributed by atoms with Crippen molar-refractivity contribution >= 4 is 18.0 Å². The molecule has 0 unspecified atom stereocenters. The summed E-state index contributed by atoms with van der Waals surface area (Å²) in [6, 6.07) is 0. The fourth-order valence-electron chi connectivity index (χ4n) is 0.717. The molecule has 0 bridgehead atoms. The van der Waals surface area contributed by atoms with Crippen LogP contribution in [0.3, 0.4) is 0 Å². The minimum atomic E-state index is 0.342. The van der Waals surface area contributed by atoms with Crippen molar-refractivity contribution < 1.29 is 4.84 Å². The molecule has 0 heterocycles. The predicted octanol–water partition coefficient (Wildman–Crippen LogP) is 1.90. The lowest BCUT2D eigenvalue weighted by Crippen LogP contribution is -2.03. The smallest absolute Gasteiger partial charge is 0.114 e. The maximum absolute atomic E-state index is 4.87. The van der Waals surface area contributed by atoms with Crippen molar-refractivity contribution in [1.82, 2.24) is 0 Å². The molecule has 3 heteroatoms. The molecule has 58 valence electrons. The third-order valence-electron chi connectivity index (χ3n) is 1.64. The minimum Gasteiger partial charge on any atom is -0.396 e. The first kappa shape index (κ1) is 7.92. The van der Waals surface area contributed by atoms with E-state index in [4.69, 9.17) is 4.84 Å². The van der Waals surface area contributed by atoms with E-state index in [0.717, 1.165) is 0 Å². The molecule has 0 saturated heterocycles. The Hall–Kier alpha value is -0.180. The van der Waals surface area contributed by atoms with Gasteiger partial charge in [0.1, 0.15) is 6.61 Å². The number of thioether (sulfide) groups is 1. The van der Waals surface area contributed by atoms with Gasteiger partial charge in [0.05, 0.1) is 11.0 Å². The molecule has 0 radical (unpaired) electrons. The van der Waals surface area contributed by atoms with E-state index >= 15 is 0 Å². The first-order valence-corrected chi connectivity index (χ1v) is 4.77. The maximum Gasteiger partial charge on any atom is 0.114 e. The van der Waals surface area contributed by atoms with Gasteiger partial charge in [0, 0.05) is 0 Å². The zero-order valence-electron chi connectivity index (χ0n) is 6.46. The second kappa shape index (κ2) is 3.28. The van der Waals surface area contributed by atoms with E-state index in [1.807, 2.05) is 24.9 Å². The van der Waals surface area contributed by atoms with Crippen molar-refractivity contribution in [2.45, 2.75) is 24.5 Å². The Labute approximate surface area is 66.0 Å². The molecule has 0 aromatic heterocycles. The van der Waals surface area contributed by atoms with Crippen LogP contribution >= 0.6 is 11.8 Å². The topological polar surface area (TPSA) is 21.6 Å². The van der Waals surface area contributed by atoms with Crippen molar-refractivity contribution in [3.05, 3.63) is 0 Å². The normalized spacial score (nSPS) is 21.4. The van der Waals surface area contributed by atoms with E-state index in [9.17, 15) is 0 Å². The van der Waals surface area contributed by atoms with Crippen LogP contribution in [0.25, 0.3) is 0 Å². The monoisotopic (exact) mass is 159 g/mol. The summed E-state index contributed by atoms with van der Waals surface area (Å²) in [5, 5.41) is 3.85. The highest BCUT2D eigenvalue weighted by Gasteiger charge is 2.40. The quantitative estimate of drug-likeness (QED) is 0.461.